The summed E-state index contributed by atoms with van der Waals surface area (Å²) in [5.74, 6) is -0.856. The maximum Gasteiger partial charge on any atom is 0.341 e. The predicted molar refractivity (Wildman–Crippen MR) is 80.2 cm³/mol. The number of nitro groups is 1. The van der Waals surface area contributed by atoms with Gasteiger partial charge in [0, 0.05) is 17.7 Å². The zero-order chi connectivity index (χ0) is 16.8. The van der Waals surface area contributed by atoms with Gasteiger partial charge >= 0.3 is 5.97 Å². The summed E-state index contributed by atoms with van der Waals surface area (Å²) in [6, 6.07) is 11.2. The molecule has 2 aromatic rings. The van der Waals surface area contributed by atoms with Gasteiger partial charge in [-0.1, -0.05) is 24.3 Å². The molecule has 1 atom stereocenters. The summed E-state index contributed by atoms with van der Waals surface area (Å²) >= 11 is 0. The van der Waals surface area contributed by atoms with E-state index >= 15 is 0 Å². The minimum Gasteiger partial charge on any atom is -0.451 e. The minimum atomic E-state index is -1.10. The number of nitroso groups, excluding NO2 is 1. The fraction of sp³-hybridized carbons (Fsp3) is 0.133. The number of carbonyl (C=O) groups is 1. The van der Waals surface area contributed by atoms with Crippen LogP contribution in [0.25, 0.3) is 0 Å². The third-order valence-electron chi connectivity index (χ3n) is 3.09. The number of ether oxygens (including phenoxy) is 1. The zero-order valence-electron chi connectivity index (χ0n) is 11.8. The summed E-state index contributed by atoms with van der Waals surface area (Å²) in [5, 5.41) is 22.9. The molecule has 0 bridgehead atoms. The Kier molecular flexibility index (Phi) is 5.11. The summed E-state index contributed by atoms with van der Waals surface area (Å²) in [4.78, 5) is 33.0. The normalized spacial score (nSPS) is 11.5. The second-order valence-corrected chi connectivity index (χ2v) is 4.54. The summed E-state index contributed by atoms with van der Waals surface area (Å²) in [6.07, 6.45) is -1.10. The number of rotatable bonds is 6. The van der Waals surface area contributed by atoms with E-state index in [4.69, 9.17) is 4.74 Å². The Morgan fingerprint density at radius 2 is 2.00 bits per heavy atom. The van der Waals surface area contributed by atoms with Crippen LogP contribution in [0.3, 0.4) is 0 Å². The van der Waals surface area contributed by atoms with Gasteiger partial charge < -0.3 is 9.84 Å². The second-order valence-electron chi connectivity index (χ2n) is 4.54. The standard InChI is InChI=1S/C15H12N2O6/c18-9-14(10-4-3-5-11(8-10)17(21)22)23-15(19)12-6-1-2-7-13(12)16-20/h1-8,14,18H,9H2. The van der Waals surface area contributed by atoms with E-state index in [0.29, 0.717) is 0 Å². The maximum absolute atomic E-state index is 12.1. The highest BCUT2D eigenvalue weighted by Crippen LogP contribution is 2.25. The van der Waals surface area contributed by atoms with E-state index in [0.717, 1.165) is 0 Å². The van der Waals surface area contributed by atoms with Crippen LogP contribution in [0.2, 0.25) is 0 Å². The van der Waals surface area contributed by atoms with Gasteiger partial charge in [0.2, 0.25) is 0 Å². The van der Waals surface area contributed by atoms with Gasteiger partial charge in [-0.3, -0.25) is 10.1 Å². The van der Waals surface area contributed by atoms with E-state index in [9.17, 15) is 24.9 Å². The average Bonchev–Trinajstić information content (AvgIpc) is 2.59. The molecular formula is C15H12N2O6. The Hall–Kier alpha value is -3.13. The van der Waals surface area contributed by atoms with Gasteiger partial charge in [-0.05, 0) is 17.3 Å². The van der Waals surface area contributed by atoms with Gasteiger partial charge in [0.15, 0.2) is 6.10 Å². The minimum absolute atomic E-state index is 0.0496. The quantitative estimate of drug-likeness (QED) is 0.379. The monoisotopic (exact) mass is 316 g/mol. The van der Waals surface area contributed by atoms with Crippen LogP contribution in [0.1, 0.15) is 22.0 Å². The highest BCUT2D eigenvalue weighted by molar-refractivity contribution is 5.94. The Morgan fingerprint density at radius 1 is 1.26 bits per heavy atom. The molecular weight excluding hydrogens is 304 g/mol. The highest BCUT2D eigenvalue weighted by atomic mass is 16.6. The number of non-ortho nitro benzene ring substituents is 1. The molecule has 8 nitrogen and oxygen atoms in total. The van der Waals surface area contributed by atoms with Crippen molar-refractivity contribution in [3.63, 3.8) is 0 Å². The van der Waals surface area contributed by atoms with Crippen molar-refractivity contribution >= 4 is 17.3 Å². The smallest absolute Gasteiger partial charge is 0.341 e. The molecule has 0 saturated heterocycles. The number of carbonyl (C=O) groups excluding carboxylic acids is 1. The van der Waals surface area contributed by atoms with Crippen molar-refractivity contribution in [3.05, 3.63) is 74.7 Å². The molecule has 0 amide bonds. The van der Waals surface area contributed by atoms with Crippen molar-refractivity contribution in [2.45, 2.75) is 6.10 Å². The second kappa shape index (κ2) is 7.23. The Bertz CT molecular complexity index is 746. The van der Waals surface area contributed by atoms with Crippen molar-refractivity contribution in [2.24, 2.45) is 5.18 Å². The van der Waals surface area contributed by atoms with Crippen LogP contribution in [0.4, 0.5) is 11.4 Å². The van der Waals surface area contributed by atoms with Gasteiger partial charge in [0.25, 0.3) is 5.69 Å². The van der Waals surface area contributed by atoms with E-state index in [-0.39, 0.29) is 22.5 Å². The molecule has 23 heavy (non-hydrogen) atoms. The van der Waals surface area contributed by atoms with Crippen LogP contribution < -0.4 is 0 Å². The molecule has 0 radical (unpaired) electrons. The first kappa shape index (κ1) is 16.2. The van der Waals surface area contributed by atoms with Crippen molar-refractivity contribution < 1.29 is 19.6 Å². The number of hydrogen-bond donors (Lipinski definition) is 1. The molecule has 0 fully saturated rings. The van der Waals surface area contributed by atoms with Gasteiger partial charge in [0.1, 0.15) is 5.69 Å². The Balaban J connectivity index is 2.25. The first-order valence-corrected chi connectivity index (χ1v) is 6.55. The molecule has 0 aliphatic heterocycles. The van der Waals surface area contributed by atoms with E-state index in [2.05, 4.69) is 5.18 Å². The number of nitro benzene ring substituents is 1. The van der Waals surface area contributed by atoms with Gasteiger partial charge in [0.05, 0.1) is 17.1 Å². The lowest BCUT2D eigenvalue weighted by molar-refractivity contribution is -0.385. The lowest BCUT2D eigenvalue weighted by Crippen LogP contribution is -2.15. The summed E-state index contributed by atoms with van der Waals surface area (Å²) in [7, 11) is 0. The van der Waals surface area contributed by atoms with Crippen molar-refractivity contribution in [1.82, 2.24) is 0 Å². The van der Waals surface area contributed by atoms with E-state index in [1.807, 2.05) is 0 Å². The molecule has 0 heterocycles. The van der Waals surface area contributed by atoms with Crippen LogP contribution in [0.15, 0.2) is 53.7 Å². The predicted octanol–water partition coefficient (Wildman–Crippen LogP) is 2.88. The van der Waals surface area contributed by atoms with Crippen LogP contribution in [-0.4, -0.2) is 22.6 Å². The lowest BCUT2D eigenvalue weighted by atomic mass is 10.1. The topological polar surface area (TPSA) is 119 Å². The molecule has 0 aromatic heterocycles. The first-order chi connectivity index (χ1) is 11.1. The fourth-order valence-electron chi connectivity index (χ4n) is 1.97. The molecule has 8 heteroatoms. The number of aliphatic hydroxyl groups excluding tert-OH is 1. The first-order valence-electron chi connectivity index (χ1n) is 6.55. The summed E-state index contributed by atoms with van der Waals surface area (Å²) in [6.45, 7) is -0.566. The van der Waals surface area contributed by atoms with Crippen molar-refractivity contribution in [3.8, 4) is 0 Å². The molecule has 2 aromatic carbocycles. The Morgan fingerprint density at radius 3 is 2.65 bits per heavy atom. The highest BCUT2D eigenvalue weighted by Gasteiger charge is 2.21. The number of aliphatic hydroxyl groups is 1. The van der Waals surface area contributed by atoms with E-state index in [1.165, 1.54) is 48.5 Å². The average molecular weight is 316 g/mol. The zero-order valence-corrected chi connectivity index (χ0v) is 11.8. The molecule has 0 aliphatic rings. The SMILES string of the molecule is O=Nc1ccccc1C(=O)OC(CO)c1cccc([N+](=O)[O-])c1. The lowest BCUT2D eigenvalue weighted by Gasteiger charge is -2.16. The van der Waals surface area contributed by atoms with Crippen molar-refractivity contribution in [1.29, 1.82) is 0 Å². The van der Waals surface area contributed by atoms with E-state index < -0.39 is 23.6 Å². The molecule has 0 aliphatic carbocycles. The molecule has 0 spiro atoms. The number of nitrogens with zero attached hydrogens (tertiary/aromatic N) is 2. The number of benzene rings is 2. The molecule has 2 rings (SSSR count). The maximum atomic E-state index is 12.1. The largest absolute Gasteiger partial charge is 0.451 e. The summed E-state index contributed by atoms with van der Waals surface area (Å²) < 4.78 is 5.14. The van der Waals surface area contributed by atoms with Crippen molar-refractivity contribution in [2.75, 3.05) is 6.61 Å². The Labute approximate surface area is 130 Å². The third kappa shape index (κ3) is 3.74. The molecule has 1 N–H and O–H groups in total. The van der Waals surface area contributed by atoms with Gasteiger partial charge in [-0.2, -0.15) is 0 Å². The fourth-order valence-corrected chi connectivity index (χ4v) is 1.97. The number of hydrogen-bond acceptors (Lipinski definition) is 7. The molecule has 1 unspecified atom stereocenters. The van der Waals surface area contributed by atoms with Crippen LogP contribution in [0, 0.1) is 15.0 Å². The van der Waals surface area contributed by atoms with Crippen LogP contribution in [0.5, 0.6) is 0 Å². The molecule has 118 valence electrons. The van der Waals surface area contributed by atoms with E-state index in [1.54, 1.807) is 0 Å². The summed E-state index contributed by atoms with van der Waals surface area (Å²) in [5.41, 5.74) is -0.0573. The molecule has 0 saturated carbocycles. The van der Waals surface area contributed by atoms with Gasteiger partial charge in [-0.15, -0.1) is 4.91 Å². The van der Waals surface area contributed by atoms with Crippen LogP contribution >= 0.6 is 0 Å². The number of esters is 1. The third-order valence-corrected chi connectivity index (χ3v) is 3.09. The van der Waals surface area contributed by atoms with Gasteiger partial charge in [-0.25, -0.2) is 4.79 Å². The van der Waals surface area contributed by atoms with Crippen LogP contribution in [-0.2, 0) is 4.74 Å².